The van der Waals surface area contributed by atoms with E-state index in [0.717, 1.165) is 12.8 Å². The number of rotatable bonds is 3. The zero-order valence-electron chi connectivity index (χ0n) is 12.2. The molecular weight excluding hydrogens is 324 g/mol. The summed E-state index contributed by atoms with van der Waals surface area (Å²) in [6, 6.07) is 3.99. The van der Waals surface area contributed by atoms with E-state index in [2.05, 4.69) is 10.1 Å². The Morgan fingerprint density at radius 1 is 1.23 bits per heavy atom. The standard InChI is InChI=1S/C14H17ClN4O2S/c1-18-14(15)13(10-17-18)22(20,21)19-8-4-12(5-9-19)11-2-6-16-7-3-11/h2-3,6-7,10,12H,4-5,8-9H2,1H3. The van der Waals surface area contributed by atoms with Gasteiger partial charge in [-0.25, -0.2) is 8.42 Å². The molecule has 1 fully saturated rings. The molecule has 6 nitrogen and oxygen atoms in total. The summed E-state index contributed by atoms with van der Waals surface area (Å²) >= 11 is 6.02. The van der Waals surface area contributed by atoms with Crippen LogP contribution in [-0.2, 0) is 17.1 Å². The van der Waals surface area contributed by atoms with Crippen molar-refractivity contribution in [2.24, 2.45) is 7.05 Å². The van der Waals surface area contributed by atoms with Gasteiger partial charge in [-0.05, 0) is 36.5 Å². The fraction of sp³-hybridized carbons (Fsp3) is 0.429. The van der Waals surface area contributed by atoms with Crippen molar-refractivity contribution in [3.05, 3.63) is 41.4 Å². The molecule has 118 valence electrons. The Labute approximate surface area is 134 Å². The second kappa shape index (κ2) is 5.98. The summed E-state index contributed by atoms with van der Waals surface area (Å²) in [5, 5.41) is 4.06. The third kappa shape index (κ3) is 2.76. The molecule has 0 radical (unpaired) electrons. The molecule has 22 heavy (non-hydrogen) atoms. The number of nitrogens with zero attached hydrogens (tertiary/aromatic N) is 4. The van der Waals surface area contributed by atoms with Gasteiger partial charge in [-0.2, -0.15) is 9.40 Å². The third-order valence-electron chi connectivity index (χ3n) is 4.08. The Morgan fingerprint density at radius 3 is 2.41 bits per heavy atom. The minimum Gasteiger partial charge on any atom is -0.265 e. The van der Waals surface area contributed by atoms with Gasteiger partial charge in [0.25, 0.3) is 0 Å². The van der Waals surface area contributed by atoms with Gasteiger partial charge in [0, 0.05) is 32.5 Å². The van der Waals surface area contributed by atoms with Crippen LogP contribution >= 0.6 is 11.6 Å². The van der Waals surface area contributed by atoms with Crippen molar-refractivity contribution in [1.29, 1.82) is 0 Å². The molecular formula is C14H17ClN4O2S. The van der Waals surface area contributed by atoms with Crippen LogP contribution in [0.2, 0.25) is 5.15 Å². The fourth-order valence-electron chi connectivity index (χ4n) is 2.78. The van der Waals surface area contributed by atoms with Crippen LogP contribution in [0.25, 0.3) is 0 Å². The van der Waals surface area contributed by atoms with E-state index >= 15 is 0 Å². The van der Waals surface area contributed by atoms with Crippen LogP contribution < -0.4 is 0 Å². The summed E-state index contributed by atoms with van der Waals surface area (Å²) in [6.45, 7) is 0.973. The van der Waals surface area contributed by atoms with E-state index in [4.69, 9.17) is 11.6 Å². The van der Waals surface area contributed by atoms with Gasteiger partial charge in [-0.3, -0.25) is 9.67 Å². The minimum atomic E-state index is -3.57. The third-order valence-corrected chi connectivity index (χ3v) is 6.54. The SMILES string of the molecule is Cn1ncc(S(=O)(=O)N2CCC(c3ccncc3)CC2)c1Cl. The number of sulfonamides is 1. The van der Waals surface area contributed by atoms with Crippen LogP contribution in [-0.4, -0.2) is 40.6 Å². The largest absolute Gasteiger partial charge is 0.265 e. The van der Waals surface area contributed by atoms with Crippen molar-refractivity contribution in [1.82, 2.24) is 19.1 Å². The van der Waals surface area contributed by atoms with Gasteiger partial charge in [-0.15, -0.1) is 0 Å². The number of aromatic nitrogens is 3. The summed E-state index contributed by atoms with van der Waals surface area (Å²) < 4.78 is 28.1. The van der Waals surface area contributed by atoms with Gasteiger partial charge in [0.15, 0.2) is 0 Å². The number of hydrogen-bond donors (Lipinski definition) is 0. The summed E-state index contributed by atoms with van der Waals surface area (Å²) in [5.74, 6) is 0.374. The lowest BCUT2D eigenvalue weighted by Gasteiger charge is -2.31. The zero-order valence-corrected chi connectivity index (χ0v) is 13.8. The molecule has 0 spiro atoms. The predicted octanol–water partition coefficient (Wildman–Crippen LogP) is 2.04. The highest BCUT2D eigenvalue weighted by atomic mass is 35.5. The number of pyridine rings is 1. The molecule has 0 bridgehead atoms. The van der Waals surface area contributed by atoms with Gasteiger partial charge in [-0.1, -0.05) is 11.6 Å². The highest BCUT2D eigenvalue weighted by Gasteiger charge is 2.32. The maximum Gasteiger partial charge on any atom is 0.247 e. The maximum atomic E-state index is 12.6. The Bertz CT molecular complexity index is 752. The van der Waals surface area contributed by atoms with Gasteiger partial charge >= 0.3 is 0 Å². The Kier molecular flexibility index (Phi) is 4.20. The molecule has 0 N–H and O–H groups in total. The lowest BCUT2D eigenvalue weighted by Crippen LogP contribution is -2.37. The van der Waals surface area contributed by atoms with Gasteiger partial charge in [0.05, 0.1) is 6.20 Å². The molecule has 8 heteroatoms. The van der Waals surface area contributed by atoms with E-state index in [9.17, 15) is 8.42 Å². The Morgan fingerprint density at radius 2 is 1.86 bits per heavy atom. The number of piperidine rings is 1. The molecule has 0 aromatic carbocycles. The van der Waals surface area contributed by atoms with Crippen molar-refractivity contribution >= 4 is 21.6 Å². The first-order chi connectivity index (χ1) is 10.5. The summed E-state index contributed by atoms with van der Waals surface area (Å²) in [5.41, 5.74) is 1.21. The average molecular weight is 341 g/mol. The van der Waals surface area contributed by atoms with Gasteiger partial charge in [0.2, 0.25) is 10.0 Å². The number of halogens is 1. The topological polar surface area (TPSA) is 68.1 Å². The monoisotopic (exact) mass is 340 g/mol. The second-order valence-corrected chi connectivity index (χ2v) is 7.65. The van der Waals surface area contributed by atoms with Crippen LogP contribution in [0.15, 0.2) is 35.6 Å². The smallest absolute Gasteiger partial charge is 0.247 e. The zero-order chi connectivity index (χ0) is 15.7. The van der Waals surface area contributed by atoms with Crippen LogP contribution in [0.1, 0.15) is 24.3 Å². The van der Waals surface area contributed by atoms with Gasteiger partial charge in [0.1, 0.15) is 10.0 Å². The van der Waals surface area contributed by atoms with Crippen molar-refractivity contribution < 1.29 is 8.42 Å². The summed E-state index contributed by atoms with van der Waals surface area (Å²) in [4.78, 5) is 4.10. The molecule has 0 amide bonds. The van der Waals surface area contributed by atoms with E-state index in [1.54, 1.807) is 19.4 Å². The first-order valence-electron chi connectivity index (χ1n) is 7.07. The van der Waals surface area contributed by atoms with E-state index in [0.29, 0.717) is 19.0 Å². The normalized spacial score (nSPS) is 17.7. The van der Waals surface area contributed by atoms with Crippen LogP contribution in [0, 0.1) is 0 Å². The lowest BCUT2D eigenvalue weighted by molar-refractivity contribution is 0.319. The lowest BCUT2D eigenvalue weighted by atomic mass is 9.91. The molecule has 0 aliphatic carbocycles. The summed E-state index contributed by atoms with van der Waals surface area (Å²) in [7, 11) is -1.95. The number of aryl methyl sites for hydroxylation is 1. The fourth-order valence-corrected chi connectivity index (χ4v) is 4.66. The molecule has 0 atom stereocenters. The molecule has 2 aromatic heterocycles. The van der Waals surface area contributed by atoms with Gasteiger partial charge < -0.3 is 0 Å². The number of hydrogen-bond acceptors (Lipinski definition) is 4. The first-order valence-corrected chi connectivity index (χ1v) is 8.89. The second-order valence-electron chi connectivity index (χ2n) is 5.38. The average Bonchev–Trinajstić information content (AvgIpc) is 2.88. The molecule has 0 saturated carbocycles. The molecule has 2 aromatic rings. The van der Waals surface area contributed by atoms with E-state index in [1.807, 2.05) is 12.1 Å². The van der Waals surface area contributed by atoms with Crippen molar-refractivity contribution in [3.63, 3.8) is 0 Å². The molecule has 1 saturated heterocycles. The van der Waals surface area contributed by atoms with E-state index in [-0.39, 0.29) is 10.0 Å². The highest BCUT2D eigenvalue weighted by molar-refractivity contribution is 7.89. The molecule has 1 aliphatic rings. The Balaban J connectivity index is 1.75. The summed E-state index contributed by atoms with van der Waals surface area (Å²) in [6.07, 6.45) is 6.44. The minimum absolute atomic E-state index is 0.0824. The molecule has 0 unspecified atom stereocenters. The van der Waals surface area contributed by atoms with Crippen LogP contribution in [0.4, 0.5) is 0 Å². The van der Waals surface area contributed by atoms with E-state index in [1.165, 1.54) is 20.7 Å². The highest BCUT2D eigenvalue weighted by Crippen LogP contribution is 2.31. The van der Waals surface area contributed by atoms with E-state index < -0.39 is 10.0 Å². The quantitative estimate of drug-likeness (QED) is 0.857. The van der Waals surface area contributed by atoms with Crippen molar-refractivity contribution in [2.75, 3.05) is 13.1 Å². The van der Waals surface area contributed by atoms with Crippen LogP contribution in [0.5, 0.6) is 0 Å². The predicted molar refractivity (Wildman–Crippen MR) is 83.2 cm³/mol. The molecule has 3 heterocycles. The molecule has 3 rings (SSSR count). The van der Waals surface area contributed by atoms with Crippen LogP contribution in [0.3, 0.4) is 0 Å². The Hall–Kier alpha value is -1.44. The molecule has 1 aliphatic heterocycles. The first kappa shape index (κ1) is 15.5. The van der Waals surface area contributed by atoms with Crippen molar-refractivity contribution in [3.8, 4) is 0 Å². The maximum absolute atomic E-state index is 12.6. The van der Waals surface area contributed by atoms with Crippen molar-refractivity contribution in [2.45, 2.75) is 23.7 Å².